The van der Waals surface area contributed by atoms with Gasteiger partial charge < -0.3 is 25.2 Å². The summed E-state index contributed by atoms with van der Waals surface area (Å²) in [5.74, 6) is 0.915. The molecule has 2 aliphatic rings. The highest BCUT2D eigenvalue weighted by molar-refractivity contribution is 5.91. The number of nitrogens with two attached hydrogens (primary N) is 1. The highest BCUT2D eigenvalue weighted by atomic mass is 35.5. The Morgan fingerprint density at radius 1 is 1.22 bits per heavy atom. The second-order valence-corrected chi connectivity index (χ2v) is 6.71. The highest BCUT2D eigenvalue weighted by Gasteiger charge is 2.39. The number of aromatic nitrogens is 1. The van der Waals surface area contributed by atoms with Crippen molar-refractivity contribution in [1.29, 1.82) is 0 Å². The molecular formula is C16H27Cl2N5O4. The van der Waals surface area contributed by atoms with Gasteiger partial charge in [-0.2, -0.15) is 0 Å². The monoisotopic (exact) mass is 423 g/mol. The van der Waals surface area contributed by atoms with Gasteiger partial charge in [0.05, 0.1) is 12.1 Å². The zero-order chi connectivity index (χ0) is 17.9. The normalized spacial score (nSPS) is 19.6. The predicted molar refractivity (Wildman–Crippen MR) is 104 cm³/mol. The molecule has 0 unspecified atom stereocenters. The predicted octanol–water partition coefficient (Wildman–Crippen LogP) is 0.417. The summed E-state index contributed by atoms with van der Waals surface area (Å²) < 4.78 is 10.2. The van der Waals surface area contributed by atoms with Gasteiger partial charge in [-0.3, -0.25) is 14.5 Å². The smallest absolute Gasteiger partial charge is 0.242 e. The summed E-state index contributed by atoms with van der Waals surface area (Å²) in [6.45, 7) is 5.53. The quantitative estimate of drug-likeness (QED) is 0.720. The number of amides is 2. The van der Waals surface area contributed by atoms with Crippen LogP contribution in [0.15, 0.2) is 10.6 Å². The molecule has 9 nitrogen and oxygen atoms in total. The third-order valence-electron chi connectivity index (χ3n) is 4.73. The van der Waals surface area contributed by atoms with Crippen LogP contribution in [0.3, 0.4) is 0 Å². The molecule has 2 amide bonds. The molecule has 0 bridgehead atoms. The Kier molecular flexibility index (Phi) is 8.97. The first kappa shape index (κ1) is 23.6. The molecule has 1 aromatic rings. The molecule has 0 atom stereocenters. The summed E-state index contributed by atoms with van der Waals surface area (Å²) in [6, 6.07) is 1.67. The van der Waals surface area contributed by atoms with E-state index < -0.39 is 5.54 Å². The zero-order valence-corrected chi connectivity index (χ0v) is 16.9. The molecule has 27 heavy (non-hydrogen) atoms. The van der Waals surface area contributed by atoms with Crippen LogP contribution in [0.4, 0.5) is 5.82 Å². The fourth-order valence-electron chi connectivity index (χ4n) is 3.18. The van der Waals surface area contributed by atoms with Gasteiger partial charge in [-0.1, -0.05) is 5.16 Å². The lowest BCUT2D eigenvalue weighted by molar-refractivity contribution is -0.142. The summed E-state index contributed by atoms with van der Waals surface area (Å²) >= 11 is 0. The molecular weight excluding hydrogens is 397 g/mol. The number of nitrogens with zero attached hydrogens (tertiary/aromatic N) is 3. The van der Waals surface area contributed by atoms with Crippen molar-refractivity contribution in [2.75, 3.05) is 51.3 Å². The summed E-state index contributed by atoms with van der Waals surface area (Å²) in [4.78, 5) is 28.6. The molecule has 3 rings (SSSR count). The van der Waals surface area contributed by atoms with E-state index in [2.05, 4.69) is 10.5 Å². The van der Waals surface area contributed by atoms with Crippen molar-refractivity contribution < 1.29 is 18.8 Å². The Morgan fingerprint density at radius 2 is 1.85 bits per heavy atom. The maximum Gasteiger partial charge on any atom is 0.242 e. The van der Waals surface area contributed by atoms with Crippen LogP contribution in [0.1, 0.15) is 18.6 Å². The number of halogens is 2. The minimum Gasteiger partial charge on any atom is -0.381 e. The Balaban J connectivity index is 0.00000182. The third kappa shape index (κ3) is 6.05. The lowest BCUT2D eigenvalue weighted by Gasteiger charge is -2.40. The first-order valence-corrected chi connectivity index (χ1v) is 8.58. The molecule has 0 saturated carbocycles. The van der Waals surface area contributed by atoms with Crippen LogP contribution in [0.25, 0.3) is 0 Å². The average molecular weight is 424 g/mol. The van der Waals surface area contributed by atoms with Crippen LogP contribution in [0.5, 0.6) is 0 Å². The first-order valence-electron chi connectivity index (χ1n) is 8.58. The molecule has 2 aliphatic heterocycles. The molecule has 0 aromatic carbocycles. The maximum absolute atomic E-state index is 12.7. The minimum absolute atomic E-state index is 0. The topological polar surface area (TPSA) is 114 Å². The Bertz CT molecular complexity index is 628. The van der Waals surface area contributed by atoms with Gasteiger partial charge in [0, 0.05) is 45.5 Å². The molecule has 3 heterocycles. The van der Waals surface area contributed by atoms with Crippen LogP contribution in [0.2, 0.25) is 0 Å². The molecule has 154 valence electrons. The second kappa shape index (κ2) is 10.2. The van der Waals surface area contributed by atoms with Crippen molar-refractivity contribution in [3.8, 4) is 0 Å². The minimum atomic E-state index is -0.803. The van der Waals surface area contributed by atoms with E-state index in [1.807, 2.05) is 4.90 Å². The third-order valence-corrected chi connectivity index (χ3v) is 4.73. The van der Waals surface area contributed by atoms with Crippen molar-refractivity contribution in [2.24, 2.45) is 5.73 Å². The van der Waals surface area contributed by atoms with E-state index in [-0.39, 0.29) is 43.2 Å². The largest absolute Gasteiger partial charge is 0.381 e. The second-order valence-electron chi connectivity index (χ2n) is 6.71. The fraction of sp³-hybridized carbons (Fsp3) is 0.688. The molecule has 11 heteroatoms. The van der Waals surface area contributed by atoms with Gasteiger partial charge in [0.2, 0.25) is 11.8 Å². The first-order chi connectivity index (χ1) is 12.0. The molecule has 0 spiro atoms. The van der Waals surface area contributed by atoms with Crippen molar-refractivity contribution in [2.45, 2.75) is 25.3 Å². The number of carbonyl (C=O) groups is 2. The maximum atomic E-state index is 12.7. The highest BCUT2D eigenvalue weighted by Crippen LogP contribution is 2.21. The summed E-state index contributed by atoms with van der Waals surface area (Å²) in [5, 5.41) is 6.44. The van der Waals surface area contributed by atoms with E-state index in [0.29, 0.717) is 63.8 Å². The zero-order valence-electron chi connectivity index (χ0n) is 15.3. The molecule has 1 aromatic heterocycles. The number of aryl methyl sites for hydroxylation is 1. The van der Waals surface area contributed by atoms with E-state index in [0.717, 1.165) is 0 Å². The van der Waals surface area contributed by atoms with Gasteiger partial charge in [-0.25, -0.2) is 0 Å². The number of anilines is 1. The number of piperazine rings is 1. The lowest BCUT2D eigenvalue weighted by Crippen LogP contribution is -2.61. The summed E-state index contributed by atoms with van der Waals surface area (Å²) in [7, 11) is 0. The number of ether oxygens (including phenoxy) is 1. The Morgan fingerprint density at radius 3 is 2.41 bits per heavy atom. The van der Waals surface area contributed by atoms with Crippen LogP contribution in [0, 0.1) is 6.92 Å². The standard InChI is InChI=1S/C16H25N5O4.2ClH/c1-12-10-13(19-25-12)18-14(22)11-20-4-6-21(7-5-20)15(23)16(17)2-8-24-9-3-16;;/h10H,2-9,11,17H2,1H3,(H,18,19,22);2*1H. The Hall–Kier alpha value is -1.39. The number of nitrogens with one attached hydrogen (secondary N) is 1. The summed E-state index contributed by atoms with van der Waals surface area (Å²) in [6.07, 6.45) is 1.12. The Labute approximate surface area is 170 Å². The molecule has 2 fully saturated rings. The van der Waals surface area contributed by atoms with Crippen molar-refractivity contribution >= 4 is 42.4 Å². The number of hydrogen-bond donors (Lipinski definition) is 2. The van der Waals surface area contributed by atoms with Crippen LogP contribution in [-0.4, -0.2) is 78.2 Å². The number of carbonyl (C=O) groups excluding carboxylic acids is 2. The molecule has 0 aliphatic carbocycles. The van der Waals surface area contributed by atoms with Gasteiger partial charge >= 0.3 is 0 Å². The van der Waals surface area contributed by atoms with E-state index in [1.165, 1.54) is 0 Å². The van der Waals surface area contributed by atoms with Crippen molar-refractivity contribution in [3.05, 3.63) is 11.8 Å². The SMILES string of the molecule is Cc1cc(NC(=O)CN2CCN(C(=O)C3(N)CCOCC3)CC2)no1.Cl.Cl. The number of rotatable bonds is 4. The van der Waals surface area contributed by atoms with Crippen molar-refractivity contribution in [1.82, 2.24) is 15.0 Å². The van der Waals surface area contributed by atoms with Crippen molar-refractivity contribution in [3.63, 3.8) is 0 Å². The average Bonchev–Trinajstić information content (AvgIpc) is 3.00. The number of hydrogen-bond acceptors (Lipinski definition) is 7. The lowest BCUT2D eigenvalue weighted by atomic mass is 9.89. The van der Waals surface area contributed by atoms with E-state index in [9.17, 15) is 9.59 Å². The van der Waals surface area contributed by atoms with E-state index in [4.69, 9.17) is 15.0 Å². The van der Waals surface area contributed by atoms with Crippen LogP contribution < -0.4 is 11.1 Å². The molecule has 3 N–H and O–H groups in total. The van der Waals surface area contributed by atoms with Crippen LogP contribution in [-0.2, 0) is 14.3 Å². The van der Waals surface area contributed by atoms with E-state index in [1.54, 1.807) is 17.9 Å². The molecule has 0 radical (unpaired) electrons. The van der Waals surface area contributed by atoms with Crippen LogP contribution >= 0.6 is 24.8 Å². The fourth-order valence-corrected chi connectivity index (χ4v) is 3.18. The van der Waals surface area contributed by atoms with Gasteiger partial charge in [0.1, 0.15) is 5.76 Å². The van der Waals surface area contributed by atoms with Gasteiger partial charge in [0.25, 0.3) is 0 Å². The van der Waals surface area contributed by atoms with E-state index >= 15 is 0 Å². The van der Waals surface area contributed by atoms with Gasteiger partial charge in [0.15, 0.2) is 5.82 Å². The molecule has 2 saturated heterocycles. The van der Waals surface area contributed by atoms with Gasteiger partial charge in [-0.05, 0) is 19.8 Å². The summed E-state index contributed by atoms with van der Waals surface area (Å²) in [5.41, 5.74) is 5.47. The van der Waals surface area contributed by atoms with Gasteiger partial charge in [-0.15, -0.1) is 24.8 Å².